The van der Waals surface area contributed by atoms with Gasteiger partial charge in [0, 0.05) is 13.1 Å². The molecule has 6 nitrogen and oxygen atoms in total. The first-order valence-corrected chi connectivity index (χ1v) is 7.66. The van der Waals surface area contributed by atoms with Crippen molar-refractivity contribution in [1.29, 1.82) is 0 Å². The molecule has 1 spiro atoms. The summed E-state index contributed by atoms with van der Waals surface area (Å²) in [6.45, 7) is 5.91. The summed E-state index contributed by atoms with van der Waals surface area (Å²) in [6, 6.07) is -0.361. The summed E-state index contributed by atoms with van der Waals surface area (Å²) in [5.41, 5.74) is -0.817. The number of urea groups is 1. The van der Waals surface area contributed by atoms with E-state index in [1.165, 1.54) is 4.90 Å². The molecular formula is C15H25N3O3. The van der Waals surface area contributed by atoms with Gasteiger partial charge in [-0.25, -0.2) is 4.79 Å². The Hall–Kier alpha value is -1.59. The molecule has 1 saturated heterocycles. The zero-order valence-electron chi connectivity index (χ0n) is 13.3. The second-order valence-corrected chi connectivity index (χ2v) is 6.68. The number of hydrogen-bond donors (Lipinski definition) is 1. The molecule has 0 aromatic carbocycles. The highest BCUT2D eigenvalue weighted by Crippen LogP contribution is 2.39. The third-order valence-corrected chi connectivity index (χ3v) is 4.84. The molecule has 2 rings (SSSR count). The molecule has 4 amide bonds. The molecule has 2 aliphatic rings. The maximum absolute atomic E-state index is 12.3. The Morgan fingerprint density at radius 2 is 2.14 bits per heavy atom. The molecule has 2 fully saturated rings. The van der Waals surface area contributed by atoms with E-state index in [0.717, 1.165) is 12.8 Å². The van der Waals surface area contributed by atoms with E-state index in [2.05, 4.69) is 12.2 Å². The van der Waals surface area contributed by atoms with Gasteiger partial charge in [0.15, 0.2) is 0 Å². The number of imide groups is 1. The van der Waals surface area contributed by atoms with E-state index in [1.807, 2.05) is 13.8 Å². The summed E-state index contributed by atoms with van der Waals surface area (Å²) in [4.78, 5) is 39.8. The van der Waals surface area contributed by atoms with Crippen LogP contribution in [-0.4, -0.2) is 52.8 Å². The summed E-state index contributed by atoms with van der Waals surface area (Å²) in [5, 5.41) is 2.40. The van der Waals surface area contributed by atoms with E-state index in [0.29, 0.717) is 18.8 Å². The lowest BCUT2D eigenvalue weighted by Crippen LogP contribution is -2.55. The van der Waals surface area contributed by atoms with E-state index in [1.54, 1.807) is 11.9 Å². The van der Waals surface area contributed by atoms with Crippen molar-refractivity contribution in [3.05, 3.63) is 0 Å². The second kappa shape index (κ2) is 5.66. The van der Waals surface area contributed by atoms with Crippen LogP contribution in [0.1, 0.15) is 46.5 Å². The van der Waals surface area contributed by atoms with Crippen LogP contribution in [0.2, 0.25) is 0 Å². The SMILES string of the molecule is CC1CCCC2(C1)C(=O)NC(=O)N2CC(=O)N(C)C(C)C. The molecule has 6 heteroatoms. The number of carbonyl (C=O) groups is 3. The number of amides is 4. The monoisotopic (exact) mass is 295 g/mol. The van der Waals surface area contributed by atoms with Gasteiger partial charge in [0.05, 0.1) is 0 Å². The van der Waals surface area contributed by atoms with Crippen molar-refractivity contribution in [1.82, 2.24) is 15.1 Å². The normalized spacial score (nSPS) is 29.2. The fourth-order valence-corrected chi connectivity index (χ4v) is 3.33. The van der Waals surface area contributed by atoms with Crippen molar-refractivity contribution < 1.29 is 14.4 Å². The third kappa shape index (κ3) is 2.76. The van der Waals surface area contributed by atoms with Crippen LogP contribution in [0.3, 0.4) is 0 Å². The molecule has 21 heavy (non-hydrogen) atoms. The van der Waals surface area contributed by atoms with Gasteiger partial charge in [-0.3, -0.25) is 14.9 Å². The summed E-state index contributed by atoms with van der Waals surface area (Å²) in [5.74, 6) is 0.0160. The lowest BCUT2D eigenvalue weighted by molar-refractivity contribution is -0.135. The highest BCUT2D eigenvalue weighted by atomic mass is 16.2. The Kier molecular flexibility index (Phi) is 4.25. The second-order valence-electron chi connectivity index (χ2n) is 6.68. The Bertz CT molecular complexity index is 463. The van der Waals surface area contributed by atoms with E-state index >= 15 is 0 Å². The molecule has 1 saturated carbocycles. The van der Waals surface area contributed by atoms with Crippen molar-refractivity contribution in [2.24, 2.45) is 5.92 Å². The zero-order valence-corrected chi connectivity index (χ0v) is 13.3. The van der Waals surface area contributed by atoms with Gasteiger partial charge in [-0.05, 0) is 32.6 Å². The molecule has 1 aliphatic carbocycles. The Morgan fingerprint density at radius 3 is 2.71 bits per heavy atom. The molecular weight excluding hydrogens is 270 g/mol. The molecule has 118 valence electrons. The summed E-state index contributed by atoms with van der Waals surface area (Å²) in [6.07, 6.45) is 3.26. The Labute approximate surface area is 125 Å². The summed E-state index contributed by atoms with van der Waals surface area (Å²) >= 11 is 0. The van der Waals surface area contributed by atoms with Gasteiger partial charge >= 0.3 is 6.03 Å². The van der Waals surface area contributed by atoms with Gasteiger partial charge in [0.25, 0.3) is 5.91 Å². The van der Waals surface area contributed by atoms with Crippen LogP contribution in [0.25, 0.3) is 0 Å². The Morgan fingerprint density at radius 1 is 1.48 bits per heavy atom. The van der Waals surface area contributed by atoms with Crippen LogP contribution in [0.4, 0.5) is 4.79 Å². The first kappa shape index (κ1) is 15.8. The van der Waals surface area contributed by atoms with E-state index in [-0.39, 0.29) is 24.4 Å². The quantitative estimate of drug-likeness (QED) is 0.799. The largest absolute Gasteiger partial charge is 0.342 e. The fraction of sp³-hybridized carbons (Fsp3) is 0.800. The molecule has 0 aromatic heterocycles. The fourth-order valence-electron chi connectivity index (χ4n) is 3.33. The average Bonchev–Trinajstić information content (AvgIpc) is 2.62. The zero-order chi connectivity index (χ0) is 15.8. The third-order valence-electron chi connectivity index (χ3n) is 4.84. The van der Waals surface area contributed by atoms with Gasteiger partial charge in [-0.15, -0.1) is 0 Å². The standard InChI is InChI=1S/C15H25N3O3/c1-10(2)17(4)12(19)9-18-14(21)16-13(20)15(18)7-5-6-11(3)8-15/h10-11H,5-9H2,1-4H3,(H,16,20,21). The van der Waals surface area contributed by atoms with Crippen LogP contribution in [0.15, 0.2) is 0 Å². The lowest BCUT2D eigenvalue weighted by atomic mass is 9.75. The van der Waals surface area contributed by atoms with Crippen LogP contribution in [0, 0.1) is 5.92 Å². The molecule has 2 unspecified atom stereocenters. The number of nitrogens with one attached hydrogen (secondary N) is 1. The predicted molar refractivity (Wildman–Crippen MR) is 78.5 cm³/mol. The maximum atomic E-state index is 12.3. The highest BCUT2D eigenvalue weighted by Gasteiger charge is 2.54. The van der Waals surface area contributed by atoms with Gasteiger partial charge < -0.3 is 9.80 Å². The van der Waals surface area contributed by atoms with Crippen LogP contribution in [-0.2, 0) is 9.59 Å². The Balaban J connectivity index is 2.21. The van der Waals surface area contributed by atoms with Crippen molar-refractivity contribution in [2.45, 2.75) is 58.0 Å². The number of nitrogens with zero attached hydrogens (tertiary/aromatic N) is 2. The number of likely N-dealkylation sites (N-methyl/N-ethyl adjacent to an activating group) is 1. The van der Waals surface area contributed by atoms with Gasteiger partial charge in [0.2, 0.25) is 5.91 Å². The van der Waals surface area contributed by atoms with E-state index < -0.39 is 11.6 Å². The summed E-state index contributed by atoms with van der Waals surface area (Å²) < 4.78 is 0. The number of hydrogen-bond acceptors (Lipinski definition) is 3. The molecule has 2 atom stereocenters. The number of carbonyl (C=O) groups excluding carboxylic acids is 3. The van der Waals surface area contributed by atoms with E-state index in [9.17, 15) is 14.4 Å². The minimum atomic E-state index is -0.817. The van der Waals surface area contributed by atoms with Crippen LogP contribution in [0.5, 0.6) is 0 Å². The molecule has 1 aliphatic heterocycles. The van der Waals surface area contributed by atoms with Crippen molar-refractivity contribution in [3.8, 4) is 0 Å². The predicted octanol–water partition coefficient (Wildman–Crippen LogP) is 1.35. The van der Waals surface area contributed by atoms with Gasteiger partial charge in [-0.2, -0.15) is 0 Å². The highest BCUT2D eigenvalue weighted by molar-refractivity contribution is 6.08. The topological polar surface area (TPSA) is 69.7 Å². The summed E-state index contributed by atoms with van der Waals surface area (Å²) in [7, 11) is 1.72. The van der Waals surface area contributed by atoms with Crippen molar-refractivity contribution in [3.63, 3.8) is 0 Å². The van der Waals surface area contributed by atoms with Gasteiger partial charge in [0.1, 0.15) is 12.1 Å². The van der Waals surface area contributed by atoms with Crippen molar-refractivity contribution in [2.75, 3.05) is 13.6 Å². The average molecular weight is 295 g/mol. The van der Waals surface area contributed by atoms with E-state index in [4.69, 9.17) is 0 Å². The number of rotatable bonds is 3. The lowest BCUT2D eigenvalue weighted by Gasteiger charge is -2.41. The van der Waals surface area contributed by atoms with Crippen LogP contribution >= 0.6 is 0 Å². The minimum absolute atomic E-state index is 0.0288. The van der Waals surface area contributed by atoms with Gasteiger partial charge in [-0.1, -0.05) is 19.8 Å². The van der Waals surface area contributed by atoms with Crippen molar-refractivity contribution >= 4 is 17.8 Å². The molecule has 0 bridgehead atoms. The molecule has 1 heterocycles. The maximum Gasteiger partial charge on any atom is 0.325 e. The molecule has 0 radical (unpaired) electrons. The first-order chi connectivity index (χ1) is 9.78. The molecule has 1 N–H and O–H groups in total. The minimum Gasteiger partial charge on any atom is -0.342 e. The molecule has 0 aromatic rings. The van der Waals surface area contributed by atoms with Crippen LogP contribution < -0.4 is 5.32 Å². The first-order valence-electron chi connectivity index (χ1n) is 7.66. The smallest absolute Gasteiger partial charge is 0.325 e.